The van der Waals surface area contributed by atoms with E-state index in [-0.39, 0.29) is 5.91 Å². The lowest BCUT2D eigenvalue weighted by Crippen LogP contribution is -2.50. The van der Waals surface area contributed by atoms with E-state index in [1.807, 2.05) is 0 Å². The van der Waals surface area contributed by atoms with Gasteiger partial charge in [-0.15, -0.1) is 0 Å². The number of nitrogens with one attached hydrogen (secondary N) is 1. The molecule has 0 saturated heterocycles. The first-order valence-electron chi connectivity index (χ1n) is 4.32. The van der Waals surface area contributed by atoms with E-state index < -0.39 is 5.54 Å². The van der Waals surface area contributed by atoms with E-state index in [2.05, 4.69) is 15.3 Å². The SMILES string of the molecule is CC(C)(NCc1ccncn1)C(N)=O. The summed E-state index contributed by atoms with van der Waals surface area (Å²) in [4.78, 5) is 18.8. The summed E-state index contributed by atoms with van der Waals surface area (Å²) in [5, 5.41) is 3.01. The summed E-state index contributed by atoms with van der Waals surface area (Å²) in [6.45, 7) is 3.96. The van der Waals surface area contributed by atoms with Crippen LogP contribution in [0.2, 0.25) is 0 Å². The van der Waals surface area contributed by atoms with Crippen LogP contribution in [-0.4, -0.2) is 21.4 Å². The number of nitrogens with zero attached hydrogens (tertiary/aromatic N) is 2. The molecule has 0 aliphatic rings. The van der Waals surface area contributed by atoms with E-state index in [1.165, 1.54) is 6.33 Å². The van der Waals surface area contributed by atoms with Gasteiger partial charge in [-0.1, -0.05) is 0 Å². The van der Waals surface area contributed by atoms with E-state index in [9.17, 15) is 4.79 Å². The summed E-state index contributed by atoms with van der Waals surface area (Å²) >= 11 is 0. The molecule has 1 aromatic heterocycles. The van der Waals surface area contributed by atoms with Gasteiger partial charge in [0.15, 0.2) is 0 Å². The molecule has 1 rings (SSSR count). The van der Waals surface area contributed by atoms with Crippen LogP contribution < -0.4 is 11.1 Å². The van der Waals surface area contributed by atoms with Gasteiger partial charge in [-0.05, 0) is 19.9 Å². The van der Waals surface area contributed by atoms with Crippen LogP contribution in [0.3, 0.4) is 0 Å². The molecule has 0 aliphatic heterocycles. The monoisotopic (exact) mass is 194 g/mol. The minimum atomic E-state index is -0.717. The van der Waals surface area contributed by atoms with Crippen molar-refractivity contribution in [2.75, 3.05) is 0 Å². The number of nitrogens with two attached hydrogens (primary N) is 1. The molecule has 0 radical (unpaired) electrons. The Bertz CT molecular complexity index is 310. The molecule has 0 fully saturated rings. The van der Waals surface area contributed by atoms with E-state index in [1.54, 1.807) is 26.1 Å². The molecule has 0 aliphatic carbocycles. The first-order chi connectivity index (χ1) is 6.52. The fourth-order valence-electron chi connectivity index (χ4n) is 0.821. The van der Waals surface area contributed by atoms with Crippen molar-refractivity contribution in [2.45, 2.75) is 25.9 Å². The molecule has 1 aromatic rings. The average Bonchev–Trinajstić information content (AvgIpc) is 2.16. The van der Waals surface area contributed by atoms with Crippen molar-refractivity contribution < 1.29 is 4.79 Å². The molecule has 0 saturated carbocycles. The Balaban J connectivity index is 2.53. The third-order valence-corrected chi connectivity index (χ3v) is 1.97. The third-order valence-electron chi connectivity index (χ3n) is 1.97. The van der Waals surface area contributed by atoms with Gasteiger partial charge in [-0.25, -0.2) is 9.97 Å². The molecule has 0 unspecified atom stereocenters. The number of rotatable bonds is 4. The van der Waals surface area contributed by atoms with Crippen molar-refractivity contribution >= 4 is 5.91 Å². The number of carbonyl (C=O) groups is 1. The lowest BCUT2D eigenvalue weighted by Gasteiger charge is -2.21. The van der Waals surface area contributed by atoms with Gasteiger partial charge in [0, 0.05) is 12.7 Å². The molecule has 0 aromatic carbocycles. The van der Waals surface area contributed by atoms with Crippen molar-refractivity contribution in [3.8, 4) is 0 Å². The molecular formula is C9H14N4O. The first kappa shape index (κ1) is 10.6. The van der Waals surface area contributed by atoms with Crippen LogP contribution in [0.25, 0.3) is 0 Å². The predicted octanol–water partition coefficient (Wildman–Crippen LogP) is -0.170. The summed E-state index contributed by atoms with van der Waals surface area (Å²) in [6.07, 6.45) is 3.12. The highest BCUT2D eigenvalue weighted by molar-refractivity contribution is 5.83. The zero-order valence-corrected chi connectivity index (χ0v) is 8.32. The molecule has 76 valence electrons. The maximum Gasteiger partial charge on any atom is 0.237 e. The highest BCUT2D eigenvalue weighted by Crippen LogP contribution is 2.02. The molecule has 5 nitrogen and oxygen atoms in total. The fraction of sp³-hybridized carbons (Fsp3) is 0.444. The highest BCUT2D eigenvalue weighted by atomic mass is 16.1. The summed E-state index contributed by atoms with van der Waals surface area (Å²) in [5.41, 5.74) is 5.31. The molecule has 0 atom stereocenters. The summed E-state index contributed by atoms with van der Waals surface area (Å²) in [5.74, 6) is -0.383. The van der Waals surface area contributed by atoms with Crippen LogP contribution in [-0.2, 0) is 11.3 Å². The van der Waals surface area contributed by atoms with Crippen LogP contribution in [0.5, 0.6) is 0 Å². The van der Waals surface area contributed by atoms with Crippen LogP contribution >= 0.6 is 0 Å². The highest BCUT2D eigenvalue weighted by Gasteiger charge is 2.23. The van der Waals surface area contributed by atoms with Gasteiger partial charge in [0.1, 0.15) is 6.33 Å². The number of hydrogen-bond acceptors (Lipinski definition) is 4. The average molecular weight is 194 g/mol. The number of carbonyl (C=O) groups excluding carboxylic acids is 1. The van der Waals surface area contributed by atoms with Gasteiger partial charge in [-0.3, -0.25) is 10.1 Å². The van der Waals surface area contributed by atoms with E-state index in [0.29, 0.717) is 6.54 Å². The predicted molar refractivity (Wildman–Crippen MR) is 52.1 cm³/mol. The number of hydrogen-bond donors (Lipinski definition) is 2. The molecule has 5 heteroatoms. The van der Waals surface area contributed by atoms with Crippen molar-refractivity contribution in [3.05, 3.63) is 24.3 Å². The molecular weight excluding hydrogens is 180 g/mol. The van der Waals surface area contributed by atoms with Gasteiger partial charge in [0.2, 0.25) is 5.91 Å². The normalized spacial score (nSPS) is 11.3. The molecule has 0 bridgehead atoms. The van der Waals surface area contributed by atoms with Crippen molar-refractivity contribution in [1.82, 2.24) is 15.3 Å². The second-order valence-corrected chi connectivity index (χ2v) is 3.54. The Morgan fingerprint density at radius 3 is 2.86 bits per heavy atom. The molecule has 3 N–H and O–H groups in total. The minimum Gasteiger partial charge on any atom is -0.368 e. The molecule has 0 spiro atoms. The molecule has 1 amide bonds. The zero-order valence-electron chi connectivity index (χ0n) is 8.32. The van der Waals surface area contributed by atoms with E-state index in [0.717, 1.165) is 5.69 Å². The Morgan fingerprint density at radius 1 is 1.64 bits per heavy atom. The number of amides is 1. The largest absolute Gasteiger partial charge is 0.368 e. The van der Waals surface area contributed by atoms with Gasteiger partial charge in [-0.2, -0.15) is 0 Å². The number of aromatic nitrogens is 2. The lowest BCUT2D eigenvalue weighted by molar-refractivity contribution is -0.123. The van der Waals surface area contributed by atoms with Crippen molar-refractivity contribution in [1.29, 1.82) is 0 Å². The quantitative estimate of drug-likeness (QED) is 0.697. The van der Waals surface area contributed by atoms with Crippen LogP contribution in [0.4, 0.5) is 0 Å². The Kier molecular flexibility index (Phi) is 3.14. The third kappa shape index (κ3) is 2.77. The van der Waals surface area contributed by atoms with Gasteiger partial charge in [0.25, 0.3) is 0 Å². The maximum atomic E-state index is 11.0. The van der Waals surface area contributed by atoms with Crippen molar-refractivity contribution in [3.63, 3.8) is 0 Å². The second-order valence-electron chi connectivity index (χ2n) is 3.54. The van der Waals surface area contributed by atoms with Crippen molar-refractivity contribution in [2.24, 2.45) is 5.73 Å². The minimum absolute atomic E-state index is 0.383. The molecule has 1 heterocycles. The molecule has 14 heavy (non-hydrogen) atoms. The topological polar surface area (TPSA) is 80.9 Å². The Labute approximate surface area is 82.7 Å². The van der Waals surface area contributed by atoms with E-state index >= 15 is 0 Å². The standard InChI is InChI=1S/C9H14N4O/c1-9(2,8(10)14)13-5-7-3-4-11-6-12-7/h3-4,6,13H,5H2,1-2H3,(H2,10,14). The maximum absolute atomic E-state index is 11.0. The van der Waals surface area contributed by atoms with Gasteiger partial charge in [0.05, 0.1) is 11.2 Å². The number of primary amides is 1. The zero-order chi connectivity index (χ0) is 10.6. The fourth-order valence-corrected chi connectivity index (χ4v) is 0.821. The van der Waals surface area contributed by atoms with Crippen LogP contribution in [0.1, 0.15) is 19.5 Å². The Morgan fingerprint density at radius 2 is 2.36 bits per heavy atom. The smallest absolute Gasteiger partial charge is 0.237 e. The van der Waals surface area contributed by atoms with E-state index in [4.69, 9.17) is 5.73 Å². The summed E-state index contributed by atoms with van der Waals surface area (Å²) in [6, 6.07) is 1.78. The van der Waals surface area contributed by atoms with Gasteiger partial charge >= 0.3 is 0 Å². The second kappa shape index (κ2) is 4.15. The van der Waals surface area contributed by atoms with Crippen LogP contribution in [0, 0.1) is 0 Å². The van der Waals surface area contributed by atoms with Crippen LogP contribution in [0.15, 0.2) is 18.6 Å². The summed E-state index contributed by atoms with van der Waals surface area (Å²) in [7, 11) is 0. The van der Waals surface area contributed by atoms with Gasteiger partial charge < -0.3 is 5.73 Å². The first-order valence-corrected chi connectivity index (χ1v) is 4.32. The lowest BCUT2D eigenvalue weighted by atomic mass is 10.1. The Hall–Kier alpha value is -1.49. The summed E-state index contributed by atoms with van der Waals surface area (Å²) < 4.78 is 0.